The Labute approximate surface area is 266 Å². The van der Waals surface area contributed by atoms with Crippen molar-refractivity contribution in [1.29, 1.82) is 0 Å². The van der Waals surface area contributed by atoms with E-state index in [0.29, 0.717) is 6.42 Å². The fourth-order valence-corrected chi connectivity index (χ4v) is 4.71. The minimum absolute atomic E-state index is 0.0895. The molecule has 0 aromatic rings. The number of unbranched alkanes of at least 4 members (excludes halogenated alkanes) is 13. The smallest absolute Gasteiger partial charge is 0.220 e. The van der Waals surface area contributed by atoms with Gasteiger partial charge < -0.3 is 15.5 Å². The Bertz CT molecular complexity index is 777. The second-order valence-electron chi connectivity index (χ2n) is 11.5. The van der Waals surface area contributed by atoms with Crippen LogP contribution in [0.4, 0.5) is 0 Å². The summed E-state index contributed by atoms with van der Waals surface area (Å²) in [4.78, 5) is 12.3. The molecule has 1 amide bonds. The zero-order valence-corrected chi connectivity index (χ0v) is 27.9. The van der Waals surface area contributed by atoms with Crippen LogP contribution >= 0.6 is 0 Å². The van der Waals surface area contributed by atoms with Crippen molar-refractivity contribution in [3.8, 4) is 0 Å². The molecule has 0 aromatic carbocycles. The van der Waals surface area contributed by atoms with Crippen LogP contribution in [0.25, 0.3) is 0 Å². The predicted octanol–water partition coefficient (Wildman–Crippen LogP) is 10.4. The summed E-state index contributed by atoms with van der Waals surface area (Å²) in [5, 5.41) is 22.8. The topological polar surface area (TPSA) is 69.6 Å². The van der Waals surface area contributed by atoms with Gasteiger partial charge in [0.25, 0.3) is 0 Å². The van der Waals surface area contributed by atoms with Gasteiger partial charge >= 0.3 is 0 Å². The molecular weight excluding hydrogens is 530 g/mol. The molecule has 0 aliphatic carbocycles. The Morgan fingerprint density at radius 2 is 1.05 bits per heavy atom. The minimum atomic E-state index is -0.866. The first-order chi connectivity index (χ1) is 21.2. The van der Waals surface area contributed by atoms with Crippen LogP contribution in [0.5, 0.6) is 0 Å². The molecule has 0 saturated carbocycles. The molecule has 4 nitrogen and oxygen atoms in total. The molecule has 4 heteroatoms. The predicted molar refractivity (Wildman–Crippen MR) is 188 cm³/mol. The molecule has 0 heterocycles. The van der Waals surface area contributed by atoms with Crippen LogP contribution in [0.15, 0.2) is 72.9 Å². The van der Waals surface area contributed by atoms with Gasteiger partial charge in [0, 0.05) is 6.42 Å². The number of rotatable bonds is 30. The van der Waals surface area contributed by atoms with Gasteiger partial charge in [0.1, 0.15) is 0 Å². The minimum Gasteiger partial charge on any atom is -0.394 e. The van der Waals surface area contributed by atoms with Gasteiger partial charge in [0.05, 0.1) is 18.8 Å². The lowest BCUT2D eigenvalue weighted by molar-refractivity contribution is -0.123. The van der Waals surface area contributed by atoms with E-state index in [9.17, 15) is 15.0 Å². The standard InChI is InChI=1S/C39H67NO3/c1-3-5-7-9-11-13-15-16-17-18-19-20-21-22-23-24-25-27-29-31-33-35-39(43)40-37(36-41)38(42)34-32-30-28-26-14-12-10-8-6-4-2/h5,7,11,13-14,16-17,19-20,26,32,34,37-38,41-42H,3-4,6,8-10,12,15,18,21-25,27-31,33,35-36H2,1-2H3,(H,40,43)/b7-5-,13-11-,17-16-,20-19-,26-14+,34-32+. The lowest BCUT2D eigenvalue weighted by atomic mass is 10.1. The molecule has 2 unspecified atom stereocenters. The molecule has 0 bridgehead atoms. The molecule has 0 aromatic heterocycles. The van der Waals surface area contributed by atoms with E-state index in [4.69, 9.17) is 0 Å². The number of hydrogen-bond donors (Lipinski definition) is 3. The van der Waals surface area contributed by atoms with E-state index in [2.05, 4.69) is 79.9 Å². The Kier molecular flexibility index (Phi) is 32.6. The Morgan fingerprint density at radius 1 is 0.581 bits per heavy atom. The van der Waals surface area contributed by atoms with Crippen molar-refractivity contribution in [2.24, 2.45) is 0 Å². The first-order valence-corrected chi connectivity index (χ1v) is 17.7. The summed E-state index contributed by atoms with van der Waals surface area (Å²) < 4.78 is 0. The van der Waals surface area contributed by atoms with Crippen molar-refractivity contribution < 1.29 is 15.0 Å². The molecule has 246 valence electrons. The molecule has 0 saturated heterocycles. The van der Waals surface area contributed by atoms with E-state index in [-0.39, 0.29) is 12.5 Å². The molecule has 0 radical (unpaired) electrons. The summed E-state index contributed by atoms with van der Waals surface area (Å²) in [6.07, 6.45) is 48.4. The first-order valence-electron chi connectivity index (χ1n) is 17.7. The quantitative estimate of drug-likeness (QED) is 0.0570. The Hall–Kier alpha value is -2.17. The van der Waals surface area contributed by atoms with Crippen molar-refractivity contribution in [2.45, 2.75) is 161 Å². The van der Waals surface area contributed by atoms with Gasteiger partial charge in [-0.1, -0.05) is 145 Å². The molecule has 3 N–H and O–H groups in total. The van der Waals surface area contributed by atoms with Crippen LogP contribution in [0.3, 0.4) is 0 Å². The van der Waals surface area contributed by atoms with Crippen LogP contribution in [0.1, 0.15) is 149 Å². The fraction of sp³-hybridized carbons (Fsp3) is 0.667. The molecule has 0 spiro atoms. The van der Waals surface area contributed by atoms with E-state index in [0.717, 1.165) is 64.2 Å². The van der Waals surface area contributed by atoms with Crippen LogP contribution < -0.4 is 5.32 Å². The third kappa shape index (κ3) is 31.1. The average molecular weight is 598 g/mol. The van der Waals surface area contributed by atoms with Crippen LogP contribution in [0, 0.1) is 0 Å². The summed E-state index contributed by atoms with van der Waals surface area (Å²) >= 11 is 0. The number of allylic oxidation sites excluding steroid dienone is 11. The van der Waals surface area contributed by atoms with E-state index in [1.165, 1.54) is 64.2 Å². The maximum absolute atomic E-state index is 12.3. The van der Waals surface area contributed by atoms with Crippen LogP contribution in [0.2, 0.25) is 0 Å². The van der Waals surface area contributed by atoms with E-state index in [1.54, 1.807) is 6.08 Å². The van der Waals surface area contributed by atoms with Crippen molar-refractivity contribution in [1.82, 2.24) is 5.32 Å². The third-order valence-corrected chi connectivity index (χ3v) is 7.42. The Balaban J connectivity index is 3.68. The van der Waals surface area contributed by atoms with Gasteiger partial charge in [-0.15, -0.1) is 0 Å². The summed E-state index contributed by atoms with van der Waals surface area (Å²) in [5.41, 5.74) is 0. The lowest BCUT2D eigenvalue weighted by Gasteiger charge is -2.19. The highest BCUT2D eigenvalue weighted by atomic mass is 16.3. The summed E-state index contributed by atoms with van der Waals surface area (Å²) in [7, 11) is 0. The van der Waals surface area contributed by atoms with Gasteiger partial charge in [-0.05, 0) is 70.6 Å². The monoisotopic (exact) mass is 598 g/mol. The number of aliphatic hydroxyl groups is 2. The van der Waals surface area contributed by atoms with E-state index < -0.39 is 12.1 Å². The summed E-state index contributed by atoms with van der Waals surface area (Å²) in [5.74, 6) is -0.0895. The van der Waals surface area contributed by atoms with Gasteiger partial charge in [-0.3, -0.25) is 4.79 Å². The number of carbonyl (C=O) groups excluding carboxylic acids is 1. The molecule has 0 fully saturated rings. The SMILES string of the molecule is CC/C=C\C/C=C\C/C=C\C/C=C\CCCCCCCCCCC(=O)NC(CO)C(O)/C=C/CC/C=C/CCCCCC. The molecule has 0 aliphatic heterocycles. The zero-order chi connectivity index (χ0) is 31.5. The summed E-state index contributed by atoms with van der Waals surface area (Å²) in [6.45, 7) is 4.12. The van der Waals surface area contributed by atoms with Gasteiger partial charge in [0.2, 0.25) is 5.91 Å². The maximum Gasteiger partial charge on any atom is 0.220 e. The normalized spacial score (nSPS) is 14.0. The van der Waals surface area contributed by atoms with Gasteiger partial charge in [0.15, 0.2) is 0 Å². The van der Waals surface area contributed by atoms with Gasteiger partial charge in [-0.25, -0.2) is 0 Å². The molecule has 2 atom stereocenters. The van der Waals surface area contributed by atoms with Crippen LogP contribution in [-0.4, -0.2) is 34.9 Å². The first kappa shape index (κ1) is 40.8. The maximum atomic E-state index is 12.3. The van der Waals surface area contributed by atoms with E-state index in [1.807, 2.05) is 6.08 Å². The molecule has 0 aliphatic rings. The van der Waals surface area contributed by atoms with Crippen molar-refractivity contribution in [2.75, 3.05) is 6.61 Å². The molecular formula is C39H67NO3. The Morgan fingerprint density at radius 3 is 1.63 bits per heavy atom. The second kappa shape index (κ2) is 34.3. The second-order valence-corrected chi connectivity index (χ2v) is 11.5. The highest BCUT2D eigenvalue weighted by Gasteiger charge is 2.17. The highest BCUT2D eigenvalue weighted by Crippen LogP contribution is 2.11. The lowest BCUT2D eigenvalue weighted by Crippen LogP contribution is -2.45. The number of aliphatic hydroxyl groups excluding tert-OH is 2. The number of amides is 1. The van der Waals surface area contributed by atoms with E-state index >= 15 is 0 Å². The van der Waals surface area contributed by atoms with Gasteiger partial charge in [-0.2, -0.15) is 0 Å². The van der Waals surface area contributed by atoms with Crippen LogP contribution in [-0.2, 0) is 4.79 Å². The van der Waals surface area contributed by atoms with Crippen molar-refractivity contribution >= 4 is 5.91 Å². The number of hydrogen-bond acceptors (Lipinski definition) is 3. The average Bonchev–Trinajstić information content (AvgIpc) is 3.01. The number of nitrogens with one attached hydrogen (secondary N) is 1. The molecule has 0 rings (SSSR count). The molecule has 43 heavy (non-hydrogen) atoms. The third-order valence-electron chi connectivity index (χ3n) is 7.42. The summed E-state index contributed by atoms with van der Waals surface area (Å²) in [6, 6.07) is -0.644. The zero-order valence-electron chi connectivity index (χ0n) is 27.9. The fourth-order valence-electron chi connectivity index (χ4n) is 4.71. The number of carbonyl (C=O) groups is 1. The largest absolute Gasteiger partial charge is 0.394 e. The highest BCUT2D eigenvalue weighted by molar-refractivity contribution is 5.76. The van der Waals surface area contributed by atoms with Crippen molar-refractivity contribution in [3.63, 3.8) is 0 Å². The van der Waals surface area contributed by atoms with Crippen molar-refractivity contribution in [3.05, 3.63) is 72.9 Å².